The Morgan fingerprint density at radius 2 is 1.64 bits per heavy atom. The number of hydrogen-bond acceptors (Lipinski definition) is 8. The van der Waals surface area contributed by atoms with Crippen molar-refractivity contribution in [1.82, 2.24) is 4.57 Å². The summed E-state index contributed by atoms with van der Waals surface area (Å²) in [5.74, 6) is -0.454. The number of benzene rings is 3. The van der Waals surface area contributed by atoms with E-state index in [4.69, 9.17) is 25.8 Å². The van der Waals surface area contributed by atoms with E-state index in [-0.39, 0.29) is 38.7 Å². The van der Waals surface area contributed by atoms with Crippen molar-refractivity contribution in [2.24, 2.45) is 17.3 Å². The summed E-state index contributed by atoms with van der Waals surface area (Å²) in [6.07, 6.45) is 0. The quantitative estimate of drug-likeness (QED) is 0.277. The van der Waals surface area contributed by atoms with Gasteiger partial charge in [0, 0.05) is 23.5 Å². The zero-order valence-electron chi connectivity index (χ0n) is 21.5. The van der Waals surface area contributed by atoms with Crippen LogP contribution in [0.4, 0.5) is 11.4 Å². The first-order valence-corrected chi connectivity index (χ1v) is 13.2. The number of para-hydroxylation sites is 1. The van der Waals surface area contributed by atoms with Crippen LogP contribution in [0, 0.1) is 0 Å². The van der Waals surface area contributed by atoms with Gasteiger partial charge in [0.05, 0.1) is 37.4 Å². The highest BCUT2D eigenvalue weighted by molar-refractivity contribution is 7.92. The third-order valence-corrected chi connectivity index (χ3v) is 7.93. The number of anilines is 1. The van der Waals surface area contributed by atoms with E-state index in [1.165, 1.54) is 62.3 Å². The van der Waals surface area contributed by atoms with Gasteiger partial charge >= 0.3 is 0 Å². The molecule has 0 atom stereocenters. The van der Waals surface area contributed by atoms with Gasteiger partial charge in [-0.1, -0.05) is 29.8 Å². The second-order valence-corrected chi connectivity index (χ2v) is 10.5. The molecule has 13 heteroatoms. The van der Waals surface area contributed by atoms with Crippen LogP contribution >= 0.6 is 11.6 Å². The van der Waals surface area contributed by atoms with E-state index in [9.17, 15) is 18.3 Å². The molecule has 3 aromatic carbocycles. The van der Waals surface area contributed by atoms with Gasteiger partial charge in [0.2, 0.25) is 5.88 Å². The Kier molecular flexibility index (Phi) is 7.98. The Labute approximate surface area is 229 Å². The average Bonchev–Trinajstić information content (AvgIpc) is 3.18. The van der Waals surface area contributed by atoms with Gasteiger partial charge in [-0.2, -0.15) is 0 Å². The van der Waals surface area contributed by atoms with Crippen LogP contribution in [-0.4, -0.2) is 51.9 Å². The summed E-state index contributed by atoms with van der Waals surface area (Å²) in [5, 5.41) is 19.0. The zero-order valence-corrected chi connectivity index (χ0v) is 23.0. The van der Waals surface area contributed by atoms with Crippen LogP contribution < -0.4 is 18.5 Å². The maximum Gasteiger partial charge on any atom is 0.285 e. The molecule has 0 radical (unpaired) electrons. The highest BCUT2D eigenvalue weighted by atomic mass is 35.5. The highest BCUT2D eigenvalue weighted by Gasteiger charge is 2.31. The maximum atomic E-state index is 13.9. The number of nitrogens with zero attached hydrogens (tertiary/aromatic N) is 4. The van der Waals surface area contributed by atoms with Gasteiger partial charge in [-0.3, -0.25) is 9.10 Å². The molecule has 0 aliphatic rings. The van der Waals surface area contributed by atoms with Crippen LogP contribution in [0.3, 0.4) is 0 Å². The van der Waals surface area contributed by atoms with E-state index >= 15 is 0 Å². The van der Waals surface area contributed by atoms with Crippen LogP contribution in [-0.2, 0) is 21.9 Å². The Morgan fingerprint density at radius 1 is 0.974 bits per heavy atom. The van der Waals surface area contributed by atoms with E-state index in [1.54, 1.807) is 31.3 Å². The fourth-order valence-corrected chi connectivity index (χ4v) is 5.58. The van der Waals surface area contributed by atoms with Gasteiger partial charge in [0.1, 0.15) is 12.3 Å². The molecular weight excluding hydrogens is 548 g/mol. The first-order valence-electron chi connectivity index (χ1n) is 11.4. The van der Waals surface area contributed by atoms with Crippen molar-refractivity contribution in [2.45, 2.75) is 4.90 Å². The lowest BCUT2D eigenvalue weighted by molar-refractivity contribution is -0.116. The molecule has 0 bridgehead atoms. The monoisotopic (exact) mass is 572 g/mol. The number of aromatic hydroxyl groups is 1. The number of carbonyl (C=O) groups excluding carboxylic acids is 1. The molecule has 0 fully saturated rings. The number of sulfonamides is 1. The Hall–Kier alpha value is -4.29. The molecule has 0 aliphatic heterocycles. The average molecular weight is 573 g/mol. The number of halogens is 1. The van der Waals surface area contributed by atoms with Crippen molar-refractivity contribution in [3.05, 3.63) is 65.7 Å². The molecule has 39 heavy (non-hydrogen) atoms. The second-order valence-electron chi connectivity index (χ2n) is 8.19. The molecule has 1 amide bonds. The predicted octanol–water partition coefficient (Wildman–Crippen LogP) is 5.07. The number of aromatic nitrogens is 1. The summed E-state index contributed by atoms with van der Waals surface area (Å²) in [4.78, 5) is 12.9. The van der Waals surface area contributed by atoms with Crippen LogP contribution in [0.1, 0.15) is 0 Å². The first-order chi connectivity index (χ1) is 18.6. The van der Waals surface area contributed by atoms with Gasteiger partial charge < -0.3 is 23.9 Å². The summed E-state index contributed by atoms with van der Waals surface area (Å²) in [7, 11) is 1.40. The van der Waals surface area contributed by atoms with Crippen LogP contribution in [0.25, 0.3) is 10.9 Å². The largest absolute Gasteiger partial charge is 0.495 e. The number of methoxy groups -OCH3 is 3. The van der Waals surface area contributed by atoms with Gasteiger partial charge in [0.15, 0.2) is 17.2 Å². The summed E-state index contributed by atoms with van der Waals surface area (Å²) in [6.45, 7) is -0.748. The molecule has 4 rings (SSSR count). The van der Waals surface area contributed by atoms with E-state index < -0.39 is 22.5 Å². The summed E-state index contributed by atoms with van der Waals surface area (Å²) in [5.41, 5.74) is 0.769. The standard InChI is InChI=1S/C26H25ClN4O7S/c1-30-19-8-6-5-7-18(19)25(26(30)33)29-28-24(32)15-31(20-13-16(27)9-11-21(20)36-2)39(34,35)17-10-12-22(37-3)23(14-17)38-4/h5-14,33H,15H2,1-4H3. The minimum absolute atomic E-state index is 0.0105. The maximum absolute atomic E-state index is 13.9. The van der Waals surface area contributed by atoms with Gasteiger partial charge in [-0.25, -0.2) is 8.42 Å². The van der Waals surface area contributed by atoms with E-state index in [0.29, 0.717) is 16.7 Å². The van der Waals surface area contributed by atoms with E-state index in [1.807, 2.05) is 0 Å². The number of ether oxygens (including phenoxy) is 3. The minimum atomic E-state index is -4.39. The Balaban J connectivity index is 1.77. The summed E-state index contributed by atoms with van der Waals surface area (Å²) >= 11 is 6.18. The number of rotatable bonds is 9. The fraction of sp³-hybridized carbons (Fsp3) is 0.192. The molecule has 1 N–H and O–H groups in total. The van der Waals surface area contributed by atoms with Crippen molar-refractivity contribution >= 4 is 49.8 Å². The van der Waals surface area contributed by atoms with Crippen LogP contribution in [0.2, 0.25) is 5.02 Å². The predicted molar refractivity (Wildman–Crippen MR) is 146 cm³/mol. The second kappa shape index (κ2) is 11.2. The molecule has 0 spiro atoms. The topological polar surface area (TPSA) is 132 Å². The smallest absolute Gasteiger partial charge is 0.285 e. The van der Waals surface area contributed by atoms with Gasteiger partial charge in [-0.15, -0.1) is 10.2 Å². The number of carbonyl (C=O) groups is 1. The van der Waals surface area contributed by atoms with Crippen molar-refractivity contribution in [2.75, 3.05) is 32.2 Å². The molecule has 11 nitrogen and oxygen atoms in total. The third kappa shape index (κ3) is 5.33. The van der Waals surface area contributed by atoms with Gasteiger partial charge in [0.25, 0.3) is 15.9 Å². The van der Waals surface area contributed by atoms with Crippen molar-refractivity contribution in [1.29, 1.82) is 0 Å². The summed E-state index contributed by atoms with van der Waals surface area (Å²) in [6, 6.07) is 15.4. The zero-order chi connectivity index (χ0) is 28.3. The van der Waals surface area contributed by atoms with E-state index in [0.717, 1.165) is 4.31 Å². The number of azo groups is 1. The fourth-order valence-electron chi connectivity index (χ4n) is 3.98. The van der Waals surface area contributed by atoms with Crippen LogP contribution in [0.5, 0.6) is 23.1 Å². The molecule has 0 saturated heterocycles. The molecule has 4 aromatic rings. The number of amides is 1. The third-order valence-electron chi connectivity index (χ3n) is 5.94. The molecular formula is C26H25ClN4O7S. The van der Waals surface area contributed by atoms with Crippen LogP contribution in [0.15, 0.2) is 75.8 Å². The van der Waals surface area contributed by atoms with Crippen molar-refractivity contribution in [3.63, 3.8) is 0 Å². The van der Waals surface area contributed by atoms with Gasteiger partial charge in [-0.05, 0) is 36.4 Å². The Bertz CT molecular complexity index is 1690. The van der Waals surface area contributed by atoms with Crippen molar-refractivity contribution < 1.29 is 32.5 Å². The molecule has 0 unspecified atom stereocenters. The molecule has 204 valence electrons. The molecule has 0 saturated carbocycles. The lowest BCUT2D eigenvalue weighted by Gasteiger charge is -2.25. The Morgan fingerprint density at radius 3 is 2.33 bits per heavy atom. The minimum Gasteiger partial charge on any atom is -0.495 e. The molecule has 0 aliphatic carbocycles. The number of fused-ring (bicyclic) bond motifs is 1. The number of aryl methyl sites for hydroxylation is 1. The normalized spacial score (nSPS) is 11.6. The molecule has 1 aromatic heterocycles. The van der Waals surface area contributed by atoms with E-state index in [2.05, 4.69) is 10.2 Å². The first kappa shape index (κ1) is 27.7. The SMILES string of the molecule is COc1ccc(S(=O)(=O)N(CC(=O)N=Nc2c(O)n(C)c3ccccc23)c2cc(Cl)ccc2OC)cc1OC. The molecule has 1 heterocycles. The highest BCUT2D eigenvalue weighted by Crippen LogP contribution is 2.39. The van der Waals surface area contributed by atoms with Crippen molar-refractivity contribution in [3.8, 4) is 23.1 Å². The number of hydrogen-bond donors (Lipinski definition) is 1. The summed E-state index contributed by atoms with van der Waals surface area (Å²) < 4.78 is 45.9. The lowest BCUT2D eigenvalue weighted by Crippen LogP contribution is -2.35. The lowest BCUT2D eigenvalue weighted by atomic mass is 10.2.